The van der Waals surface area contributed by atoms with Crippen LogP contribution in [0.1, 0.15) is 0 Å². The second-order valence-corrected chi connectivity index (χ2v) is 4.09. The van der Waals surface area contributed by atoms with Crippen LogP contribution in [-0.4, -0.2) is 13.4 Å². The van der Waals surface area contributed by atoms with Gasteiger partial charge >= 0.3 is 10.1 Å². The molecule has 0 aliphatic heterocycles. The molecular formula is C9H6NO3S. The molecule has 2 aromatic rings. The Morgan fingerprint density at radius 3 is 2.50 bits per heavy atom. The van der Waals surface area contributed by atoms with Crippen molar-refractivity contribution < 1.29 is 13.0 Å². The summed E-state index contributed by atoms with van der Waals surface area (Å²) in [4.78, 5) is 3.58. The lowest BCUT2D eigenvalue weighted by Gasteiger charge is -1.99. The molecule has 0 N–H and O–H groups in total. The van der Waals surface area contributed by atoms with E-state index in [9.17, 15) is 13.0 Å². The molecule has 0 saturated heterocycles. The maximum absolute atomic E-state index is 10.8. The van der Waals surface area contributed by atoms with Crippen LogP contribution >= 0.6 is 0 Å². The fourth-order valence-corrected chi connectivity index (χ4v) is 1.94. The molecule has 1 radical (unpaired) electrons. The predicted molar refractivity (Wildman–Crippen MR) is 49.6 cm³/mol. The molecule has 0 spiro atoms. The first kappa shape index (κ1) is 9.11. The Balaban J connectivity index is 2.92. The third-order valence-corrected chi connectivity index (χ3v) is 2.67. The van der Waals surface area contributed by atoms with Crippen LogP contribution in [0.2, 0.25) is 0 Å². The van der Waals surface area contributed by atoms with Crippen molar-refractivity contribution >= 4 is 20.9 Å². The summed E-state index contributed by atoms with van der Waals surface area (Å²) in [5.41, 5.74) is 0. The molecule has 4 nitrogen and oxygen atoms in total. The molecule has 0 unspecified atom stereocenters. The third-order valence-electron chi connectivity index (χ3n) is 1.87. The number of aromatic nitrogens is 1. The highest BCUT2D eigenvalue weighted by atomic mass is 32.2. The van der Waals surface area contributed by atoms with Gasteiger partial charge in [-0.2, -0.15) is 8.42 Å². The molecule has 0 fully saturated rings. The Kier molecular flexibility index (Phi) is 1.98. The van der Waals surface area contributed by atoms with Crippen molar-refractivity contribution in [1.82, 2.24) is 4.98 Å². The fourth-order valence-electron chi connectivity index (χ4n) is 1.29. The topological polar surface area (TPSA) is 66.9 Å². The quantitative estimate of drug-likeness (QED) is 0.710. The minimum Gasteiger partial charge on any atom is -0.242 e. The molecule has 71 valence electrons. The summed E-state index contributed by atoms with van der Waals surface area (Å²) in [6, 6.07) is 8.38. The van der Waals surface area contributed by atoms with Gasteiger partial charge in [0.05, 0.1) is 0 Å². The summed E-state index contributed by atoms with van der Waals surface area (Å²) < 4.78 is 32.5. The van der Waals surface area contributed by atoms with Gasteiger partial charge in [-0.1, -0.05) is 28.8 Å². The van der Waals surface area contributed by atoms with Gasteiger partial charge in [-0.15, -0.1) is 0 Å². The lowest BCUT2D eigenvalue weighted by Crippen LogP contribution is -2.00. The second-order valence-electron chi connectivity index (χ2n) is 2.79. The summed E-state index contributed by atoms with van der Waals surface area (Å²) in [6.45, 7) is 0. The lowest BCUT2D eigenvalue weighted by molar-refractivity contribution is 0.412. The molecule has 5 heteroatoms. The van der Waals surface area contributed by atoms with E-state index in [0.717, 1.165) is 0 Å². The van der Waals surface area contributed by atoms with Crippen LogP contribution in [0, 0.1) is 0 Å². The third kappa shape index (κ3) is 1.47. The number of rotatable bonds is 1. The molecule has 0 bridgehead atoms. The van der Waals surface area contributed by atoms with Crippen molar-refractivity contribution in [2.24, 2.45) is 0 Å². The molecule has 1 heterocycles. The van der Waals surface area contributed by atoms with E-state index in [4.69, 9.17) is 0 Å². The van der Waals surface area contributed by atoms with Crippen molar-refractivity contribution in [3.8, 4) is 0 Å². The number of hydrogen-bond donors (Lipinski definition) is 0. The van der Waals surface area contributed by atoms with Crippen LogP contribution < -0.4 is 0 Å². The summed E-state index contributed by atoms with van der Waals surface area (Å²) in [5.74, 6) is 0. The zero-order chi connectivity index (χ0) is 10.2. The summed E-state index contributed by atoms with van der Waals surface area (Å²) in [5, 5.41) is 0.650. The van der Waals surface area contributed by atoms with Crippen molar-refractivity contribution in [1.29, 1.82) is 0 Å². The first-order chi connectivity index (χ1) is 6.59. The summed E-state index contributed by atoms with van der Waals surface area (Å²) in [7, 11) is -4.49. The first-order valence-electron chi connectivity index (χ1n) is 3.89. The largest absolute Gasteiger partial charge is 0.342 e. The molecule has 0 aliphatic rings. The first-order valence-corrected chi connectivity index (χ1v) is 5.29. The molecule has 0 saturated carbocycles. The van der Waals surface area contributed by atoms with Crippen molar-refractivity contribution in [2.75, 3.05) is 0 Å². The Hall–Kier alpha value is -1.46. The molecular weight excluding hydrogens is 202 g/mol. The van der Waals surface area contributed by atoms with Gasteiger partial charge in [-0.05, 0) is 11.5 Å². The molecule has 0 atom stereocenters. The van der Waals surface area contributed by atoms with Crippen LogP contribution in [0.15, 0.2) is 41.6 Å². The Morgan fingerprint density at radius 2 is 1.79 bits per heavy atom. The van der Waals surface area contributed by atoms with Gasteiger partial charge in [0, 0.05) is 11.6 Å². The van der Waals surface area contributed by atoms with E-state index in [2.05, 4.69) is 4.98 Å². The average Bonchev–Trinajstić information content (AvgIpc) is 2.15. The zero-order valence-electron chi connectivity index (χ0n) is 7.04. The molecule has 14 heavy (non-hydrogen) atoms. The average molecular weight is 208 g/mol. The van der Waals surface area contributed by atoms with E-state index < -0.39 is 15.1 Å². The van der Waals surface area contributed by atoms with Gasteiger partial charge in [0.1, 0.15) is 0 Å². The van der Waals surface area contributed by atoms with Gasteiger partial charge in [-0.25, -0.2) is 4.98 Å². The fraction of sp³-hybridized carbons (Fsp3) is 0. The Labute approximate surface area is 81.0 Å². The normalized spacial score (nSPS) is 11.8. The Morgan fingerprint density at radius 1 is 1.07 bits per heavy atom. The van der Waals surface area contributed by atoms with Crippen LogP contribution in [0.5, 0.6) is 0 Å². The number of benzene rings is 1. The van der Waals surface area contributed by atoms with Crippen molar-refractivity contribution in [2.45, 2.75) is 5.03 Å². The van der Waals surface area contributed by atoms with Gasteiger partial charge in [-0.3, -0.25) is 0 Å². The number of pyridine rings is 1. The van der Waals surface area contributed by atoms with Crippen molar-refractivity contribution in [3.63, 3.8) is 0 Å². The molecule has 0 aliphatic carbocycles. The van der Waals surface area contributed by atoms with E-state index in [1.807, 2.05) is 0 Å². The SMILES string of the molecule is [O]S(=O)(=O)c1nccc2ccccc12. The maximum Gasteiger partial charge on any atom is 0.342 e. The number of fused-ring (bicyclic) bond motifs is 1. The number of nitrogens with zero attached hydrogens (tertiary/aromatic N) is 1. The van der Waals surface area contributed by atoms with Gasteiger partial charge in [0.2, 0.25) is 0 Å². The monoisotopic (exact) mass is 208 g/mol. The van der Waals surface area contributed by atoms with Gasteiger partial charge in [0.15, 0.2) is 5.03 Å². The summed E-state index contributed by atoms with van der Waals surface area (Å²) >= 11 is 0. The molecule has 1 aromatic carbocycles. The second kappa shape index (κ2) is 3.04. The van der Waals surface area contributed by atoms with E-state index in [1.165, 1.54) is 6.20 Å². The molecule has 0 amide bonds. The summed E-state index contributed by atoms with van der Waals surface area (Å²) in [6.07, 6.45) is 1.31. The zero-order valence-corrected chi connectivity index (χ0v) is 7.86. The number of hydrogen-bond acceptors (Lipinski definition) is 3. The van der Waals surface area contributed by atoms with E-state index in [0.29, 0.717) is 10.8 Å². The standard InChI is InChI=1S/C9H6NO3S/c11-14(12,13)9-8-4-2-1-3-7(8)5-6-10-9/h1-6H. The molecule has 2 rings (SSSR count). The van der Waals surface area contributed by atoms with Crippen LogP contribution in [0.25, 0.3) is 10.8 Å². The van der Waals surface area contributed by atoms with E-state index in [-0.39, 0.29) is 0 Å². The van der Waals surface area contributed by atoms with Gasteiger partial charge < -0.3 is 0 Å². The predicted octanol–water partition coefficient (Wildman–Crippen LogP) is 1.35. The maximum atomic E-state index is 10.8. The van der Waals surface area contributed by atoms with Crippen LogP contribution in [0.3, 0.4) is 0 Å². The van der Waals surface area contributed by atoms with E-state index >= 15 is 0 Å². The molecule has 1 aromatic heterocycles. The highest BCUT2D eigenvalue weighted by Gasteiger charge is 2.16. The Bertz CT molecular complexity index is 572. The lowest BCUT2D eigenvalue weighted by atomic mass is 10.2. The van der Waals surface area contributed by atoms with E-state index in [1.54, 1.807) is 30.3 Å². The highest BCUT2D eigenvalue weighted by molar-refractivity contribution is 7.85. The minimum absolute atomic E-state index is 0.366. The van der Waals surface area contributed by atoms with Gasteiger partial charge in [0.25, 0.3) is 0 Å². The highest BCUT2D eigenvalue weighted by Crippen LogP contribution is 2.19. The minimum atomic E-state index is -4.49. The smallest absolute Gasteiger partial charge is 0.242 e. The van der Waals surface area contributed by atoms with Crippen LogP contribution in [-0.2, 0) is 14.7 Å². The van der Waals surface area contributed by atoms with Crippen molar-refractivity contribution in [3.05, 3.63) is 36.5 Å². The van der Waals surface area contributed by atoms with Crippen LogP contribution in [0.4, 0.5) is 0 Å².